The minimum absolute atomic E-state index is 0.0625. The molecule has 0 saturated heterocycles. The minimum atomic E-state index is -1.38. The summed E-state index contributed by atoms with van der Waals surface area (Å²) < 4.78 is 0. The fourth-order valence-electron chi connectivity index (χ4n) is 0.431. The van der Waals surface area contributed by atoms with Crippen molar-refractivity contribution >= 4 is 23.9 Å². The van der Waals surface area contributed by atoms with E-state index in [-0.39, 0.29) is 10.2 Å². The van der Waals surface area contributed by atoms with Crippen molar-refractivity contribution in [1.29, 1.82) is 0 Å². The summed E-state index contributed by atoms with van der Waals surface area (Å²) in [4.78, 5) is 42.6. The number of hydrazine groups is 4. The number of amides is 6. The Labute approximate surface area is 88.3 Å². The number of carbonyl (C=O) groups is 4. The Bertz CT molecular complexity index is 296. The highest BCUT2D eigenvalue weighted by molar-refractivity contribution is 6.35. The number of urea groups is 2. The molecule has 0 rings (SSSR count). The fraction of sp³-hybridized carbons (Fsp3) is 0. The summed E-state index contributed by atoms with van der Waals surface area (Å²) in [5.74, 6) is 6.96. The summed E-state index contributed by atoms with van der Waals surface area (Å²) >= 11 is 0. The number of carbonyl (C=O) groups excluding carboxylic acids is 4. The number of hydrogen-bond acceptors (Lipinski definition) is 6. The Morgan fingerprint density at radius 1 is 0.750 bits per heavy atom. The first kappa shape index (κ1) is 13.4. The van der Waals surface area contributed by atoms with E-state index in [9.17, 15) is 19.2 Å². The lowest BCUT2D eigenvalue weighted by atomic mass is 10.6. The van der Waals surface area contributed by atoms with Crippen LogP contribution in [-0.2, 0) is 9.59 Å². The predicted molar refractivity (Wildman–Crippen MR) is 47.5 cm³/mol. The van der Waals surface area contributed by atoms with Crippen LogP contribution in [0.4, 0.5) is 9.59 Å². The van der Waals surface area contributed by atoms with Crippen molar-refractivity contribution in [3.63, 3.8) is 0 Å². The zero-order valence-corrected chi connectivity index (χ0v) is 7.84. The molecule has 0 aromatic heterocycles. The summed E-state index contributed by atoms with van der Waals surface area (Å²) in [6, 6.07) is -2.42. The molecule has 90 valence electrons. The van der Waals surface area contributed by atoms with Gasteiger partial charge in [0.05, 0.1) is 0 Å². The van der Waals surface area contributed by atoms with Crippen molar-refractivity contribution in [3.05, 3.63) is 0 Å². The van der Waals surface area contributed by atoms with Crippen molar-refractivity contribution in [2.75, 3.05) is 0 Å². The molecule has 12 nitrogen and oxygen atoms in total. The maximum Gasteiger partial charge on any atom is 0.348 e. The summed E-state index contributed by atoms with van der Waals surface area (Å²) in [5.41, 5.74) is 12.4. The summed E-state index contributed by atoms with van der Waals surface area (Å²) in [6.45, 7) is 0. The maximum absolute atomic E-state index is 10.9. The van der Waals surface area contributed by atoms with Crippen LogP contribution in [0.1, 0.15) is 0 Å². The highest BCUT2D eigenvalue weighted by Crippen LogP contribution is 1.75. The lowest BCUT2D eigenvalue weighted by Crippen LogP contribution is -2.60. The quantitative estimate of drug-likeness (QED) is 0.105. The number of primary amides is 2. The lowest BCUT2D eigenvalue weighted by molar-refractivity contribution is -0.143. The molecule has 0 atom stereocenters. The molecule has 6 amide bonds. The minimum Gasteiger partial charge on any atom is -0.349 e. The van der Waals surface area contributed by atoms with Crippen LogP contribution < -0.4 is 34.0 Å². The monoisotopic (exact) mass is 234 g/mol. The van der Waals surface area contributed by atoms with Gasteiger partial charge >= 0.3 is 23.9 Å². The van der Waals surface area contributed by atoms with Crippen molar-refractivity contribution in [2.24, 2.45) is 23.2 Å². The van der Waals surface area contributed by atoms with Crippen molar-refractivity contribution in [1.82, 2.24) is 21.1 Å². The third-order valence-corrected chi connectivity index (χ3v) is 1.13. The number of hydrogen-bond donors (Lipinski definition) is 6. The second-order valence-corrected chi connectivity index (χ2v) is 2.30. The molecule has 0 heterocycles. The normalized spacial score (nSPS) is 8.88. The topological polar surface area (TPSA) is 203 Å². The van der Waals surface area contributed by atoms with Crippen molar-refractivity contribution in [2.45, 2.75) is 0 Å². The van der Waals surface area contributed by atoms with E-state index in [1.165, 1.54) is 0 Å². The van der Waals surface area contributed by atoms with Crippen LogP contribution in [0.5, 0.6) is 0 Å². The van der Waals surface area contributed by atoms with Gasteiger partial charge in [-0.3, -0.25) is 9.59 Å². The Morgan fingerprint density at radius 2 is 1.00 bits per heavy atom. The van der Waals surface area contributed by atoms with E-state index in [0.717, 1.165) is 0 Å². The molecule has 0 fully saturated rings. The molecular weight excluding hydrogens is 224 g/mol. The first-order chi connectivity index (χ1) is 7.25. The zero-order valence-electron chi connectivity index (χ0n) is 7.84. The van der Waals surface area contributed by atoms with Crippen LogP contribution in [0.2, 0.25) is 0 Å². The van der Waals surface area contributed by atoms with E-state index in [1.54, 1.807) is 10.9 Å². The van der Waals surface area contributed by atoms with Gasteiger partial charge in [0.2, 0.25) is 0 Å². The van der Waals surface area contributed by atoms with Crippen LogP contribution in [0.3, 0.4) is 0 Å². The van der Waals surface area contributed by atoms with Crippen LogP contribution in [0.15, 0.2) is 0 Å². The summed E-state index contributed by atoms with van der Waals surface area (Å²) in [5, 5.41) is 0.125. The summed E-state index contributed by atoms with van der Waals surface area (Å²) in [7, 11) is 0. The van der Waals surface area contributed by atoms with E-state index in [0.29, 0.717) is 0 Å². The highest BCUT2D eigenvalue weighted by Gasteiger charge is 2.19. The maximum atomic E-state index is 10.9. The molecule has 0 aliphatic rings. The molecule has 0 radical (unpaired) electrons. The average Bonchev–Trinajstić information content (AvgIpc) is 2.16. The van der Waals surface area contributed by atoms with Crippen LogP contribution >= 0.6 is 0 Å². The van der Waals surface area contributed by atoms with Gasteiger partial charge in [-0.05, 0) is 0 Å². The number of nitrogens with zero attached hydrogens (tertiary/aromatic N) is 2. The smallest absolute Gasteiger partial charge is 0.348 e. The molecule has 12 heteroatoms. The third-order valence-electron chi connectivity index (χ3n) is 1.13. The first-order valence-electron chi connectivity index (χ1n) is 3.55. The van der Waals surface area contributed by atoms with Gasteiger partial charge in [-0.2, -0.15) is 10.2 Å². The molecule has 10 N–H and O–H groups in total. The lowest BCUT2D eigenvalue weighted by Gasteiger charge is -2.16. The van der Waals surface area contributed by atoms with Gasteiger partial charge in [-0.15, -0.1) is 0 Å². The SMILES string of the molecule is NC(=O)N(N)NC(=O)C(=O)NN(N)C(N)=O. The first-order valence-corrected chi connectivity index (χ1v) is 3.55. The van der Waals surface area contributed by atoms with Crippen LogP contribution in [-0.4, -0.2) is 34.1 Å². The molecule has 16 heavy (non-hydrogen) atoms. The third kappa shape index (κ3) is 4.07. The van der Waals surface area contributed by atoms with E-state index in [2.05, 4.69) is 11.5 Å². The van der Waals surface area contributed by atoms with Gasteiger partial charge in [0, 0.05) is 0 Å². The zero-order chi connectivity index (χ0) is 12.9. The Hall–Kier alpha value is -2.60. The Kier molecular flexibility index (Phi) is 4.46. The Morgan fingerprint density at radius 3 is 1.19 bits per heavy atom. The van der Waals surface area contributed by atoms with Crippen LogP contribution in [0, 0.1) is 0 Å². The predicted octanol–water partition coefficient (Wildman–Crippen LogP) is -4.44. The molecule has 0 saturated carbocycles. The molecule has 0 aromatic carbocycles. The molecule has 0 spiro atoms. The molecule has 0 aromatic rings. The molecular formula is C4H10N8O4. The van der Waals surface area contributed by atoms with Gasteiger partial charge in [0.25, 0.3) is 0 Å². The van der Waals surface area contributed by atoms with Gasteiger partial charge in [0.1, 0.15) is 0 Å². The Balaban J connectivity index is 4.25. The molecule has 0 bridgehead atoms. The van der Waals surface area contributed by atoms with Crippen molar-refractivity contribution < 1.29 is 19.2 Å². The highest BCUT2D eigenvalue weighted by atomic mass is 16.2. The van der Waals surface area contributed by atoms with Crippen molar-refractivity contribution in [3.8, 4) is 0 Å². The number of nitrogens with two attached hydrogens (primary N) is 4. The van der Waals surface area contributed by atoms with E-state index in [1.807, 2.05) is 0 Å². The van der Waals surface area contributed by atoms with Gasteiger partial charge in [-0.1, -0.05) is 0 Å². The standard InChI is InChI=1S/C4H10N8O4/c5-3(15)11(7)9-1(13)2(14)10-12(8)4(6)16/h7-8H2,(H2,5,15)(H2,6,16)(H,9,13)(H,10,14). The van der Waals surface area contributed by atoms with E-state index in [4.69, 9.17) is 11.7 Å². The number of rotatable bonds is 0. The van der Waals surface area contributed by atoms with Gasteiger partial charge in [-0.25, -0.2) is 32.1 Å². The van der Waals surface area contributed by atoms with E-state index < -0.39 is 23.9 Å². The second kappa shape index (κ2) is 5.32. The van der Waals surface area contributed by atoms with Gasteiger partial charge < -0.3 is 11.5 Å². The largest absolute Gasteiger partial charge is 0.349 e. The average molecular weight is 234 g/mol. The van der Waals surface area contributed by atoms with Crippen LogP contribution in [0.25, 0.3) is 0 Å². The summed E-state index contributed by atoms with van der Waals surface area (Å²) in [6.07, 6.45) is 0. The number of nitrogens with one attached hydrogen (secondary N) is 2. The molecule has 0 aliphatic heterocycles. The fourth-order valence-corrected chi connectivity index (χ4v) is 0.431. The molecule has 0 unspecified atom stereocenters. The van der Waals surface area contributed by atoms with Gasteiger partial charge in [0.15, 0.2) is 0 Å². The second-order valence-electron chi connectivity index (χ2n) is 2.30. The molecule has 0 aliphatic carbocycles. The van der Waals surface area contributed by atoms with E-state index >= 15 is 0 Å².